The molecule has 2 aromatic heterocycles. The van der Waals surface area contributed by atoms with E-state index >= 15 is 0 Å². The molecule has 1 N–H and O–H groups in total. The number of hydrogen-bond donors (Lipinski definition) is 1. The molecule has 9 heteroatoms. The van der Waals surface area contributed by atoms with Crippen molar-refractivity contribution in [3.63, 3.8) is 0 Å². The molecule has 0 bridgehead atoms. The van der Waals surface area contributed by atoms with E-state index in [-0.39, 0.29) is 5.91 Å². The van der Waals surface area contributed by atoms with Gasteiger partial charge in [-0.05, 0) is 58.4 Å². The van der Waals surface area contributed by atoms with E-state index < -0.39 is 0 Å². The normalized spacial score (nSPS) is 13.8. The summed E-state index contributed by atoms with van der Waals surface area (Å²) in [5, 5.41) is 11.8. The molecule has 3 aromatic rings. The van der Waals surface area contributed by atoms with Gasteiger partial charge in [0.1, 0.15) is 5.75 Å². The molecule has 0 atom stereocenters. The minimum Gasteiger partial charge on any atom is -0.497 e. The second-order valence-corrected chi connectivity index (χ2v) is 7.62. The van der Waals surface area contributed by atoms with Gasteiger partial charge in [0, 0.05) is 48.7 Å². The van der Waals surface area contributed by atoms with Crippen LogP contribution in [0.3, 0.4) is 0 Å². The number of nitrogens with one attached hydrogen (secondary N) is 1. The lowest BCUT2D eigenvalue weighted by Gasteiger charge is -2.35. The van der Waals surface area contributed by atoms with Crippen molar-refractivity contribution in [3.05, 3.63) is 64.9 Å². The van der Waals surface area contributed by atoms with Crippen LogP contribution in [0.25, 0.3) is 0 Å². The van der Waals surface area contributed by atoms with Crippen LogP contribution in [0.5, 0.6) is 5.75 Å². The van der Waals surface area contributed by atoms with Crippen molar-refractivity contribution >= 4 is 39.2 Å². The molecule has 0 unspecified atom stereocenters. The molecule has 4 rings (SSSR count). The van der Waals surface area contributed by atoms with Crippen molar-refractivity contribution in [2.45, 2.75) is 0 Å². The monoisotopic (exact) mass is 468 g/mol. The first-order chi connectivity index (χ1) is 14.6. The number of benzene rings is 1. The van der Waals surface area contributed by atoms with Gasteiger partial charge in [0.25, 0.3) is 5.91 Å². The fourth-order valence-corrected chi connectivity index (χ4v) is 3.66. The predicted molar refractivity (Wildman–Crippen MR) is 118 cm³/mol. The van der Waals surface area contributed by atoms with E-state index in [4.69, 9.17) is 4.74 Å². The van der Waals surface area contributed by atoms with Crippen LogP contribution in [-0.2, 0) is 0 Å². The highest BCUT2D eigenvalue weighted by Crippen LogP contribution is 2.25. The lowest BCUT2D eigenvalue weighted by atomic mass is 10.1. The quantitative estimate of drug-likeness (QED) is 0.614. The molecule has 8 nitrogen and oxygen atoms in total. The average molecular weight is 469 g/mol. The number of carbonyl (C=O) groups excluding carboxylic acids is 1. The topological polar surface area (TPSA) is 83.5 Å². The summed E-state index contributed by atoms with van der Waals surface area (Å²) in [4.78, 5) is 20.9. The van der Waals surface area contributed by atoms with E-state index in [0.717, 1.165) is 16.0 Å². The number of hydrogen-bond acceptors (Lipinski definition) is 7. The van der Waals surface area contributed by atoms with Gasteiger partial charge in [-0.25, -0.2) is 0 Å². The fourth-order valence-electron chi connectivity index (χ4n) is 3.25. The molecule has 1 aliphatic heterocycles. The minimum absolute atomic E-state index is 0.0107. The lowest BCUT2D eigenvalue weighted by Crippen LogP contribution is -2.49. The Labute approximate surface area is 183 Å². The molecule has 154 valence electrons. The first kappa shape index (κ1) is 20.1. The number of rotatable bonds is 5. The molecular formula is C21H21BrN6O2. The number of methoxy groups -OCH3 is 1. The molecule has 30 heavy (non-hydrogen) atoms. The maximum Gasteiger partial charge on any atom is 0.255 e. The van der Waals surface area contributed by atoms with E-state index in [2.05, 4.69) is 41.3 Å². The fraction of sp³-hybridized carbons (Fsp3) is 0.238. The number of halogens is 1. The Morgan fingerprint density at radius 2 is 1.80 bits per heavy atom. The maximum atomic E-state index is 12.9. The van der Waals surface area contributed by atoms with E-state index in [9.17, 15) is 4.79 Å². The third-order valence-corrected chi connectivity index (χ3v) is 5.59. The zero-order chi connectivity index (χ0) is 20.9. The SMILES string of the molecule is COc1ccc(Br)c(C(=O)N2CCN(c3ccc(Nc4ccncc4)nn3)CC2)c1. The Morgan fingerprint density at radius 1 is 1.03 bits per heavy atom. The van der Waals surface area contributed by atoms with Crippen molar-refractivity contribution in [2.75, 3.05) is 43.5 Å². The molecule has 0 radical (unpaired) electrons. The Balaban J connectivity index is 1.37. The zero-order valence-corrected chi connectivity index (χ0v) is 18.0. The molecule has 1 fully saturated rings. The van der Waals surface area contributed by atoms with Crippen LogP contribution in [0, 0.1) is 0 Å². The lowest BCUT2D eigenvalue weighted by molar-refractivity contribution is 0.0745. The second kappa shape index (κ2) is 9.08. The van der Waals surface area contributed by atoms with Crippen LogP contribution >= 0.6 is 15.9 Å². The van der Waals surface area contributed by atoms with Crippen LogP contribution < -0.4 is 15.0 Å². The predicted octanol–water partition coefficient (Wildman–Crippen LogP) is 3.35. The molecule has 1 aromatic carbocycles. The number of ether oxygens (including phenoxy) is 1. The van der Waals surface area contributed by atoms with Gasteiger partial charge >= 0.3 is 0 Å². The minimum atomic E-state index is -0.0107. The highest BCUT2D eigenvalue weighted by atomic mass is 79.9. The van der Waals surface area contributed by atoms with Crippen molar-refractivity contribution in [2.24, 2.45) is 0 Å². The Kier molecular flexibility index (Phi) is 6.08. The van der Waals surface area contributed by atoms with Crippen LogP contribution in [0.2, 0.25) is 0 Å². The molecule has 1 saturated heterocycles. The van der Waals surface area contributed by atoms with Crippen molar-refractivity contribution in [3.8, 4) is 5.75 Å². The molecule has 0 aliphatic carbocycles. The van der Waals surface area contributed by atoms with Gasteiger partial charge in [-0.1, -0.05) is 0 Å². The summed E-state index contributed by atoms with van der Waals surface area (Å²) in [6.45, 7) is 2.61. The summed E-state index contributed by atoms with van der Waals surface area (Å²) in [5.41, 5.74) is 1.51. The average Bonchev–Trinajstić information content (AvgIpc) is 2.80. The van der Waals surface area contributed by atoms with Gasteiger partial charge in [-0.15, -0.1) is 10.2 Å². The number of aromatic nitrogens is 3. The van der Waals surface area contributed by atoms with Gasteiger partial charge in [-0.2, -0.15) is 0 Å². The summed E-state index contributed by atoms with van der Waals surface area (Å²) in [7, 11) is 1.59. The number of amides is 1. The number of pyridine rings is 1. The van der Waals surface area contributed by atoms with Crippen molar-refractivity contribution < 1.29 is 9.53 Å². The van der Waals surface area contributed by atoms with Gasteiger partial charge in [0.15, 0.2) is 11.6 Å². The van der Waals surface area contributed by atoms with Crippen LogP contribution in [0.1, 0.15) is 10.4 Å². The third-order valence-electron chi connectivity index (χ3n) is 4.90. The van der Waals surface area contributed by atoms with Crippen molar-refractivity contribution in [1.29, 1.82) is 0 Å². The number of nitrogens with zero attached hydrogens (tertiary/aromatic N) is 5. The first-order valence-electron chi connectivity index (χ1n) is 9.52. The summed E-state index contributed by atoms with van der Waals surface area (Å²) in [6.07, 6.45) is 3.43. The van der Waals surface area contributed by atoms with E-state index in [1.807, 2.05) is 41.3 Å². The molecule has 0 spiro atoms. The summed E-state index contributed by atoms with van der Waals surface area (Å²) >= 11 is 3.46. The Hall–Kier alpha value is -3.20. The summed E-state index contributed by atoms with van der Waals surface area (Å²) < 4.78 is 6.01. The molecular weight excluding hydrogens is 448 g/mol. The zero-order valence-electron chi connectivity index (χ0n) is 16.5. The highest BCUT2D eigenvalue weighted by molar-refractivity contribution is 9.10. The van der Waals surface area contributed by atoms with E-state index in [1.54, 1.807) is 25.6 Å². The maximum absolute atomic E-state index is 12.9. The highest BCUT2D eigenvalue weighted by Gasteiger charge is 2.24. The smallest absolute Gasteiger partial charge is 0.255 e. The molecule has 1 aliphatic rings. The van der Waals surface area contributed by atoms with E-state index in [0.29, 0.717) is 43.3 Å². The number of anilines is 3. The van der Waals surface area contributed by atoms with Gasteiger partial charge in [-0.3, -0.25) is 9.78 Å². The largest absolute Gasteiger partial charge is 0.497 e. The molecule has 0 saturated carbocycles. The first-order valence-corrected chi connectivity index (χ1v) is 10.3. The van der Waals surface area contributed by atoms with Crippen LogP contribution in [0.4, 0.5) is 17.3 Å². The Morgan fingerprint density at radius 3 is 2.47 bits per heavy atom. The summed E-state index contributed by atoms with van der Waals surface area (Å²) in [5.74, 6) is 2.12. The Bertz CT molecular complexity index is 1010. The van der Waals surface area contributed by atoms with Gasteiger partial charge < -0.3 is 19.9 Å². The summed E-state index contributed by atoms with van der Waals surface area (Å²) in [6, 6.07) is 13.0. The molecule has 3 heterocycles. The second-order valence-electron chi connectivity index (χ2n) is 6.76. The number of piperazine rings is 1. The van der Waals surface area contributed by atoms with Crippen molar-refractivity contribution in [1.82, 2.24) is 20.1 Å². The standard InChI is InChI=1S/C21H21BrN6O2/c1-30-16-2-3-18(22)17(14-16)21(29)28-12-10-27(11-13-28)20-5-4-19(25-26-20)24-15-6-8-23-9-7-15/h2-9,14H,10-13H2,1H3,(H,23,24,25). The van der Waals surface area contributed by atoms with Gasteiger partial charge in [0.2, 0.25) is 0 Å². The third kappa shape index (κ3) is 4.51. The molecule has 1 amide bonds. The van der Waals surface area contributed by atoms with E-state index in [1.165, 1.54) is 0 Å². The van der Waals surface area contributed by atoms with Crippen LogP contribution in [0.15, 0.2) is 59.3 Å². The van der Waals surface area contributed by atoms with Crippen LogP contribution in [-0.4, -0.2) is 59.3 Å². The van der Waals surface area contributed by atoms with Gasteiger partial charge in [0.05, 0.1) is 12.7 Å². The number of carbonyl (C=O) groups is 1.